The van der Waals surface area contributed by atoms with Gasteiger partial charge in [-0.25, -0.2) is 4.79 Å². The SMILES string of the molecule is COC1(C(=O)O)CNCCN1. The van der Waals surface area contributed by atoms with Crippen molar-refractivity contribution >= 4 is 5.97 Å². The second kappa shape index (κ2) is 3.17. The van der Waals surface area contributed by atoms with E-state index in [1.807, 2.05) is 0 Å². The molecular weight excluding hydrogens is 148 g/mol. The van der Waals surface area contributed by atoms with E-state index < -0.39 is 11.7 Å². The highest BCUT2D eigenvalue weighted by molar-refractivity contribution is 5.77. The monoisotopic (exact) mass is 160 g/mol. The molecule has 1 aliphatic rings. The number of hydrogen-bond acceptors (Lipinski definition) is 4. The maximum Gasteiger partial charge on any atom is 0.352 e. The fourth-order valence-electron chi connectivity index (χ4n) is 1.06. The third kappa shape index (κ3) is 1.50. The number of rotatable bonds is 2. The van der Waals surface area contributed by atoms with Crippen LogP contribution >= 0.6 is 0 Å². The molecule has 1 unspecified atom stereocenters. The van der Waals surface area contributed by atoms with Crippen LogP contribution in [0.4, 0.5) is 0 Å². The van der Waals surface area contributed by atoms with Gasteiger partial charge >= 0.3 is 5.97 Å². The fourth-order valence-corrected chi connectivity index (χ4v) is 1.06. The second-order valence-corrected chi connectivity index (χ2v) is 2.44. The van der Waals surface area contributed by atoms with Gasteiger partial charge in [-0.1, -0.05) is 0 Å². The molecule has 0 amide bonds. The Bertz CT molecular complexity index is 154. The molecule has 1 aliphatic heterocycles. The van der Waals surface area contributed by atoms with Crippen molar-refractivity contribution in [1.29, 1.82) is 0 Å². The quantitative estimate of drug-likeness (QED) is 0.464. The zero-order valence-corrected chi connectivity index (χ0v) is 6.39. The summed E-state index contributed by atoms with van der Waals surface area (Å²) in [5, 5.41) is 14.5. The summed E-state index contributed by atoms with van der Waals surface area (Å²) in [6.07, 6.45) is 0. The Morgan fingerprint density at radius 1 is 1.64 bits per heavy atom. The van der Waals surface area contributed by atoms with E-state index in [1.54, 1.807) is 0 Å². The van der Waals surface area contributed by atoms with Crippen molar-refractivity contribution in [3.63, 3.8) is 0 Å². The normalized spacial score (nSPS) is 31.7. The highest BCUT2D eigenvalue weighted by Gasteiger charge is 2.39. The van der Waals surface area contributed by atoms with Gasteiger partial charge in [0.1, 0.15) is 0 Å². The summed E-state index contributed by atoms with van der Waals surface area (Å²) in [5.41, 5.74) is -1.22. The molecule has 0 spiro atoms. The molecule has 5 nitrogen and oxygen atoms in total. The first-order valence-corrected chi connectivity index (χ1v) is 3.45. The first-order valence-electron chi connectivity index (χ1n) is 3.45. The molecule has 1 fully saturated rings. The Morgan fingerprint density at radius 3 is 2.64 bits per heavy atom. The minimum Gasteiger partial charge on any atom is -0.478 e. The molecule has 0 aromatic heterocycles. The number of nitrogens with one attached hydrogen (secondary N) is 2. The minimum absolute atomic E-state index is 0.304. The topological polar surface area (TPSA) is 70.6 Å². The Hall–Kier alpha value is -0.650. The third-order valence-corrected chi connectivity index (χ3v) is 1.78. The van der Waals surface area contributed by atoms with Gasteiger partial charge in [-0.2, -0.15) is 0 Å². The van der Waals surface area contributed by atoms with E-state index in [0.29, 0.717) is 13.1 Å². The van der Waals surface area contributed by atoms with Gasteiger partial charge in [-0.3, -0.25) is 5.32 Å². The van der Waals surface area contributed by atoms with Crippen LogP contribution in [0.25, 0.3) is 0 Å². The molecule has 64 valence electrons. The van der Waals surface area contributed by atoms with E-state index in [4.69, 9.17) is 9.84 Å². The van der Waals surface area contributed by atoms with Crippen LogP contribution in [0, 0.1) is 0 Å². The molecule has 0 aliphatic carbocycles. The summed E-state index contributed by atoms with van der Waals surface area (Å²) in [6, 6.07) is 0. The van der Waals surface area contributed by atoms with Crippen LogP contribution in [0.1, 0.15) is 0 Å². The predicted octanol–water partition coefficient (Wildman–Crippen LogP) is -1.39. The number of hydrogen-bond donors (Lipinski definition) is 3. The number of carboxylic acids is 1. The Kier molecular flexibility index (Phi) is 2.43. The van der Waals surface area contributed by atoms with Gasteiger partial charge in [-0.05, 0) is 0 Å². The molecule has 0 radical (unpaired) electrons. The predicted molar refractivity (Wildman–Crippen MR) is 38.2 cm³/mol. The van der Waals surface area contributed by atoms with Crippen molar-refractivity contribution in [3.05, 3.63) is 0 Å². The summed E-state index contributed by atoms with van der Waals surface area (Å²) in [4.78, 5) is 10.7. The summed E-state index contributed by atoms with van der Waals surface area (Å²) >= 11 is 0. The smallest absolute Gasteiger partial charge is 0.352 e. The number of ether oxygens (including phenoxy) is 1. The highest BCUT2D eigenvalue weighted by Crippen LogP contribution is 2.06. The van der Waals surface area contributed by atoms with Crippen LogP contribution in [0.2, 0.25) is 0 Å². The van der Waals surface area contributed by atoms with E-state index in [1.165, 1.54) is 7.11 Å². The molecule has 11 heavy (non-hydrogen) atoms. The zero-order chi connectivity index (χ0) is 8.32. The van der Waals surface area contributed by atoms with Crippen molar-refractivity contribution in [3.8, 4) is 0 Å². The van der Waals surface area contributed by atoms with Crippen molar-refractivity contribution in [2.75, 3.05) is 26.7 Å². The van der Waals surface area contributed by atoms with Crippen LogP contribution in [0.5, 0.6) is 0 Å². The molecule has 0 aromatic rings. The Morgan fingerprint density at radius 2 is 2.36 bits per heavy atom. The Labute approximate surface area is 64.7 Å². The van der Waals surface area contributed by atoms with Gasteiger partial charge in [-0.15, -0.1) is 0 Å². The second-order valence-electron chi connectivity index (χ2n) is 2.44. The number of methoxy groups -OCH3 is 1. The van der Waals surface area contributed by atoms with Crippen molar-refractivity contribution in [2.24, 2.45) is 0 Å². The molecule has 1 heterocycles. The standard InChI is InChI=1S/C6H12N2O3/c1-11-6(5(9)10)4-7-2-3-8-6/h7-8H,2-4H2,1H3,(H,9,10). The lowest BCUT2D eigenvalue weighted by atomic mass is 10.2. The first kappa shape index (κ1) is 8.45. The maximum atomic E-state index is 10.7. The molecular formula is C6H12N2O3. The van der Waals surface area contributed by atoms with Crippen LogP contribution in [0.15, 0.2) is 0 Å². The number of carbonyl (C=O) groups is 1. The van der Waals surface area contributed by atoms with Crippen LogP contribution in [-0.4, -0.2) is 43.5 Å². The van der Waals surface area contributed by atoms with E-state index in [9.17, 15) is 4.79 Å². The summed E-state index contributed by atoms with van der Waals surface area (Å²) < 4.78 is 4.87. The molecule has 1 rings (SSSR count). The molecule has 0 bridgehead atoms. The molecule has 5 heteroatoms. The first-order chi connectivity index (χ1) is 5.21. The average molecular weight is 160 g/mol. The van der Waals surface area contributed by atoms with Crippen LogP contribution in [-0.2, 0) is 9.53 Å². The van der Waals surface area contributed by atoms with Gasteiger partial charge in [0.25, 0.3) is 0 Å². The van der Waals surface area contributed by atoms with Crippen molar-refractivity contribution < 1.29 is 14.6 Å². The maximum absolute atomic E-state index is 10.7. The Balaban J connectivity index is 2.64. The third-order valence-electron chi connectivity index (χ3n) is 1.78. The van der Waals surface area contributed by atoms with Crippen molar-refractivity contribution in [2.45, 2.75) is 5.72 Å². The molecule has 3 N–H and O–H groups in total. The van der Waals surface area contributed by atoms with Gasteiger partial charge in [0.2, 0.25) is 5.72 Å². The fraction of sp³-hybridized carbons (Fsp3) is 0.833. The summed E-state index contributed by atoms with van der Waals surface area (Å²) in [5.74, 6) is -0.979. The van der Waals surface area contributed by atoms with Gasteiger partial charge in [0, 0.05) is 26.7 Å². The summed E-state index contributed by atoms with van der Waals surface area (Å²) in [6.45, 7) is 1.69. The van der Waals surface area contributed by atoms with E-state index in [2.05, 4.69) is 10.6 Å². The average Bonchev–Trinajstić information content (AvgIpc) is 2.05. The number of carboxylic acid groups (broad SMARTS) is 1. The summed E-state index contributed by atoms with van der Waals surface area (Å²) in [7, 11) is 1.38. The highest BCUT2D eigenvalue weighted by atomic mass is 16.5. The van der Waals surface area contributed by atoms with Gasteiger partial charge in [0.05, 0.1) is 0 Å². The largest absolute Gasteiger partial charge is 0.478 e. The molecule has 1 atom stereocenters. The van der Waals surface area contributed by atoms with Crippen LogP contribution in [0.3, 0.4) is 0 Å². The lowest BCUT2D eigenvalue weighted by Gasteiger charge is -2.33. The molecule has 0 saturated carbocycles. The van der Waals surface area contributed by atoms with E-state index in [0.717, 1.165) is 6.54 Å². The van der Waals surface area contributed by atoms with Gasteiger partial charge in [0.15, 0.2) is 0 Å². The lowest BCUT2D eigenvalue weighted by Crippen LogP contribution is -2.64. The molecule has 0 aromatic carbocycles. The van der Waals surface area contributed by atoms with Gasteiger partial charge < -0.3 is 15.2 Å². The molecule has 1 saturated heterocycles. The van der Waals surface area contributed by atoms with Crippen LogP contribution < -0.4 is 10.6 Å². The van der Waals surface area contributed by atoms with E-state index >= 15 is 0 Å². The minimum atomic E-state index is -1.22. The number of aliphatic carboxylic acids is 1. The zero-order valence-electron chi connectivity index (χ0n) is 6.39. The van der Waals surface area contributed by atoms with E-state index in [-0.39, 0.29) is 0 Å². The number of piperazine rings is 1. The van der Waals surface area contributed by atoms with Crippen molar-refractivity contribution in [1.82, 2.24) is 10.6 Å². The lowest BCUT2D eigenvalue weighted by molar-refractivity contribution is -0.167.